The predicted octanol–water partition coefficient (Wildman–Crippen LogP) is 2.64. The number of hydrogen-bond acceptors (Lipinski definition) is 3. The van der Waals surface area contributed by atoms with E-state index < -0.39 is 5.82 Å². The zero-order chi connectivity index (χ0) is 10.8. The summed E-state index contributed by atoms with van der Waals surface area (Å²) < 4.78 is 12.9. The SMILES string of the molecule is Cc1nc(Cl)cc(-c2cncc(F)c2)n1. The van der Waals surface area contributed by atoms with E-state index in [0.29, 0.717) is 22.2 Å². The molecule has 15 heavy (non-hydrogen) atoms. The third-order valence-electron chi connectivity index (χ3n) is 1.81. The number of nitrogens with zero attached hydrogens (tertiary/aromatic N) is 3. The smallest absolute Gasteiger partial charge is 0.142 e. The fourth-order valence-corrected chi connectivity index (χ4v) is 1.46. The van der Waals surface area contributed by atoms with Gasteiger partial charge in [-0.1, -0.05) is 11.6 Å². The minimum Gasteiger partial charge on any atom is -0.261 e. The van der Waals surface area contributed by atoms with E-state index in [1.54, 1.807) is 13.0 Å². The van der Waals surface area contributed by atoms with Crippen LogP contribution in [-0.2, 0) is 0 Å². The lowest BCUT2D eigenvalue weighted by Crippen LogP contribution is -1.92. The topological polar surface area (TPSA) is 38.7 Å². The van der Waals surface area contributed by atoms with E-state index in [1.165, 1.54) is 12.3 Å². The van der Waals surface area contributed by atoms with Gasteiger partial charge in [-0.05, 0) is 13.0 Å². The van der Waals surface area contributed by atoms with Crippen LogP contribution in [0.2, 0.25) is 5.15 Å². The highest BCUT2D eigenvalue weighted by molar-refractivity contribution is 6.29. The van der Waals surface area contributed by atoms with Gasteiger partial charge in [0, 0.05) is 17.8 Å². The molecule has 0 aliphatic heterocycles. The van der Waals surface area contributed by atoms with Gasteiger partial charge in [0.25, 0.3) is 0 Å². The van der Waals surface area contributed by atoms with Gasteiger partial charge in [-0.15, -0.1) is 0 Å². The molecule has 0 aliphatic carbocycles. The molecule has 0 N–H and O–H groups in total. The molecule has 0 amide bonds. The molecule has 3 nitrogen and oxygen atoms in total. The van der Waals surface area contributed by atoms with Crippen molar-refractivity contribution in [3.05, 3.63) is 41.3 Å². The van der Waals surface area contributed by atoms with Crippen LogP contribution in [0.1, 0.15) is 5.82 Å². The van der Waals surface area contributed by atoms with Crippen molar-refractivity contribution < 1.29 is 4.39 Å². The van der Waals surface area contributed by atoms with Gasteiger partial charge in [-0.2, -0.15) is 0 Å². The van der Waals surface area contributed by atoms with Crippen molar-refractivity contribution in [1.82, 2.24) is 15.0 Å². The monoisotopic (exact) mass is 223 g/mol. The Bertz CT molecular complexity index is 482. The van der Waals surface area contributed by atoms with Crippen LogP contribution in [0.3, 0.4) is 0 Å². The number of halogens is 2. The molecule has 0 spiro atoms. The fourth-order valence-electron chi connectivity index (χ4n) is 1.23. The average molecular weight is 224 g/mol. The average Bonchev–Trinajstić information content (AvgIpc) is 2.16. The zero-order valence-electron chi connectivity index (χ0n) is 7.91. The van der Waals surface area contributed by atoms with Crippen molar-refractivity contribution >= 4 is 11.6 Å². The summed E-state index contributed by atoms with van der Waals surface area (Å²) in [5.74, 6) is 0.140. The molecule has 0 radical (unpaired) electrons. The molecule has 0 aliphatic rings. The van der Waals surface area contributed by atoms with Crippen LogP contribution in [0.25, 0.3) is 11.3 Å². The van der Waals surface area contributed by atoms with E-state index in [4.69, 9.17) is 11.6 Å². The van der Waals surface area contributed by atoms with Crippen molar-refractivity contribution in [2.24, 2.45) is 0 Å². The Morgan fingerprint density at radius 3 is 2.67 bits per heavy atom. The van der Waals surface area contributed by atoms with Crippen LogP contribution in [-0.4, -0.2) is 15.0 Å². The highest BCUT2D eigenvalue weighted by Gasteiger charge is 2.04. The Kier molecular flexibility index (Phi) is 2.60. The molecule has 0 saturated heterocycles. The Morgan fingerprint density at radius 1 is 1.20 bits per heavy atom. The summed E-state index contributed by atoms with van der Waals surface area (Å²) in [5, 5.41) is 0.335. The van der Waals surface area contributed by atoms with Crippen LogP contribution in [0, 0.1) is 12.7 Å². The summed E-state index contributed by atoms with van der Waals surface area (Å²) >= 11 is 5.77. The van der Waals surface area contributed by atoms with Crippen molar-refractivity contribution in [3.8, 4) is 11.3 Å². The Hall–Kier alpha value is -1.55. The lowest BCUT2D eigenvalue weighted by atomic mass is 10.2. The molecule has 0 aromatic carbocycles. The second kappa shape index (κ2) is 3.90. The first-order chi connectivity index (χ1) is 7.15. The van der Waals surface area contributed by atoms with Gasteiger partial charge < -0.3 is 0 Å². The second-order valence-electron chi connectivity index (χ2n) is 3.01. The zero-order valence-corrected chi connectivity index (χ0v) is 8.66. The van der Waals surface area contributed by atoms with Crippen molar-refractivity contribution in [3.63, 3.8) is 0 Å². The summed E-state index contributed by atoms with van der Waals surface area (Å²) in [5.41, 5.74) is 1.15. The molecule has 5 heteroatoms. The van der Waals surface area contributed by atoms with Gasteiger partial charge in [0.2, 0.25) is 0 Å². The van der Waals surface area contributed by atoms with Crippen molar-refractivity contribution in [2.45, 2.75) is 6.92 Å². The van der Waals surface area contributed by atoms with E-state index in [1.807, 2.05) is 0 Å². The second-order valence-corrected chi connectivity index (χ2v) is 3.40. The maximum absolute atomic E-state index is 12.9. The van der Waals surface area contributed by atoms with Crippen LogP contribution in [0.15, 0.2) is 24.5 Å². The minimum absolute atomic E-state index is 0.335. The third-order valence-corrected chi connectivity index (χ3v) is 2.00. The van der Waals surface area contributed by atoms with Gasteiger partial charge in [0.15, 0.2) is 0 Å². The van der Waals surface area contributed by atoms with E-state index >= 15 is 0 Å². The standard InChI is InChI=1S/C10H7ClFN3/c1-6-14-9(3-10(11)15-6)7-2-8(12)5-13-4-7/h2-5H,1H3. The van der Waals surface area contributed by atoms with Gasteiger partial charge in [0.05, 0.1) is 11.9 Å². The van der Waals surface area contributed by atoms with Crippen LogP contribution >= 0.6 is 11.6 Å². The molecule has 76 valence electrons. The summed E-state index contributed by atoms with van der Waals surface area (Å²) in [6.07, 6.45) is 2.67. The largest absolute Gasteiger partial charge is 0.261 e. The van der Waals surface area contributed by atoms with Crippen LogP contribution < -0.4 is 0 Å². The Labute approximate surface area is 91.0 Å². The van der Waals surface area contributed by atoms with E-state index in [9.17, 15) is 4.39 Å². The summed E-state index contributed by atoms with van der Waals surface area (Å²) in [6.45, 7) is 1.72. The highest BCUT2D eigenvalue weighted by Crippen LogP contribution is 2.19. The third kappa shape index (κ3) is 2.27. The predicted molar refractivity (Wildman–Crippen MR) is 55.0 cm³/mol. The summed E-state index contributed by atoms with van der Waals surface area (Å²) in [7, 11) is 0. The van der Waals surface area contributed by atoms with Crippen LogP contribution in [0.5, 0.6) is 0 Å². The molecular weight excluding hydrogens is 217 g/mol. The van der Waals surface area contributed by atoms with Gasteiger partial charge >= 0.3 is 0 Å². The molecule has 2 aromatic rings. The van der Waals surface area contributed by atoms with Crippen molar-refractivity contribution in [1.29, 1.82) is 0 Å². The highest BCUT2D eigenvalue weighted by atomic mass is 35.5. The molecule has 2 aromatic heterocycles. The number of hydrogen-bond donors (Lipinski definition) is 0. The number of aryl methyl sites for hydroxylation is 1. The lowest BCUT2D eigenvalue weighted by molar-refractivity contribution is 0.622. The first-order valence-corrected chi connectivity index (χ1v) is 4.65. The van der Waals surface area contributed by atoms with E-state index in [2.05, 4.69) is 15.0 Å². The molecule has 0 unspecified atom stereocenters. The van der Waals surface area contributed by atoms with Gasteiger partial charge in [-0.25, -0.2) is 14.4 Å². The maximum atomic E-state index is 12.9. The fraction of sp³-hybridized carbons (Fsp3) is 0.100. The number of pyridine rings is 1. The molecule has 0 bridgehead atoms. The first kappa shape index (κ1) is 9.98. The summed E-state index contributed by atoms with van der Waals surface area (Å²) in [4.78, 5) is 11.8. The Morgan fingerprint density at radius 2 is 2.00 bits per heavy atom. The maximum Gasteiger partial charge on any atom is 0.142 e. The molecular formula is C10H7ClFN3. The lowest BCUT2D eigenvalue weighted by Gasteiger charge is -2.01. The quantitative estimate of drug-likeness (QED) is 0.698. The Balaban J connectivity index is 2.54. The van der Waals surface area contributed by atoms with Crippen LogP contribution in [0.4, 0.5) is 4.39 Å². The first-order valence-electron chi connectivity index (χ1n) is 4.27. The number of aromatic nitrogens is 3. The van der Waals surface area contributed by atoms with E-state index in [-0.39, 0.29) is 0 Å². The molecule has 0 saturated carbocycles. The number of rotatable bonds is 1. The van der Waals surface area contributed by atoms with E-state index in [0.717, 1.165) is 6.20 Å². The van der Waals surface area contributed by atoms with Crippen molar-refractivity contribution in [2.75, 3.05) is 0 Å². The molecule has 2 rings (SSSR count). The molecule has 0 atom stereocenters. The molecule has 0 fully saturated rings. The van der Waals surface area contributed by atoms with Gasteiger partial charge in [0.1, 0.15) is 16.8 Å². The van der Waals surface area contributed by atoms with Gasteiger partial charge in [-0.3, -0.25) is 4.98 Å². The normalized spacial score (nSPS) is 10.3. The summed E-state index contributed by atoms with van der Waals surface area (Å²) in [6, 6.07) is 2.93. The molecule has 2 heterocycles. The minimum atomic E-state index is -0.403.